The molecule has 0 saturated carbocycles. The second-order valence-corrected chi connectivity index (χ2v) is 8.01. The summed E-state index contributed by atoms with van der Waals surface area (Å²) in [5.41, 5.74) is 5.53. The summed E-state index contributed by atoms with van der Waals surface area (Å²) in [7, 11) is 0. The third-order valence-corrected chi connectivity index (χ3v) is 4.32. The van der Waals surface area contributed by atoms with Crippen LogP contribution in [0.2, 0.25) is 0 Å². The molecule has 1 atom stereocenters. The molecule has 2 aromatic rings. The van der Waals surface area contributed by atoms with Crippen LogP contribution in [0.25, 0.3) is 11.4 Å². The van der Waals surface area contributed by atoms with E-state index in [-0.39, 0.29) is 12.1 Å². The van der Waals surface area contributed by atoms with Gasteiger partial charge in [0.2, 0.25) is 0 Å². The Morgan fingerprint density at radius 2 is 2.00 bits per heavy atom. The number of esters is 1. The zero-order valence-corrected chi connectivity index (χ0v) is 17.5. The summed E-state index contributed by atoms with van der Waals surface area (Å²) in [5.74, 6) is -1.44. The highest BCUT2D eigenvalue weighted by molar-refractivity contribution is 7.10. The molecule has 0 aliphatic carbocycles. The van der Waals surface area contributed by atoms with Gasteiger partial charge in [-0.2, -0.15) is 5.26 Å². The SMILES string of the molecule is CC(C)(C)OC(=O)N[C@@H](Cc1nc(-c2cccc(C(N)=O)n2)cs1)C(=O)OCC#N. The van der Waals surface area contributed by atoms with E-state index in [0.29, 0.717) is 16.4 Å². The number of pyridine rings is 1. The highest BCUT2D eigenvalue weighted by Gasteiger charge is 2.27. The van der Waals surface area contributed by atoms with Crippen LogP contribution in [0.4, 0.5) is 4.79 Å². The lowest BCUT2D eigenvalue weighted by molar-refractivity contribution is -0.144. The Balaban J connectivity index is 2.18. The second-order valence-electron chi connectivity index (χ2n) is 7.07. The molecule has 0 radical (unpaired) electrons. The average Bonchev–Trinajstić information content (AvgIpc) is 3.12. The number of amides is 2. The van der Waals surface area contributed by atoms with E-state index in [9.17, 15) is 14.4 Å². The Bertz CT molecular complexity index is 976. The van der Waals surface area contributed by atoms with Gasteiger partial charge in [-0.05, 0) is 32.9 Å². The van der Waals surface area contributed by atoms with Crippen molar-refractivity contribution in [2.75, 3.05) is 6.61 Å². The molecule has 0 unspecified atom stereocenters. The number of primary amides is 1. The summed E-state index contributed by atoms with van der Waals surface area (Å²) in [6.45, 7) is 4.62. The number of thiazole rings is 1. The number of hydrogen-bond donors (Lipinski definition) is 2. The maximum absolute atomic E-state index is 12.3. The smallest absolute Gasteiger partial charge is 0.408 e. The zero-order chi connectivity index (χ0) is 22.3. The molecule has 0 spiro atoms. The van der Waals surface area contributed by atoms with Gasteiger partial charge in [-0.1, -0.05) is 6.07 Å². The number of nitrogens with one attached hydrogen (secondary N) is 1. The highest BCUT2D eigenvalue weighted by atomic mass is 32.1. The van der Waals surface area contributed by atoms with Crippen LogP contribution < -0.4 is 11.1 Å². The number of carbonyl (C=O) groups is 3. The lowest BCUT2D eigenvalue weighted by Gasteiger charge is -2.22. The van der Waals surface area contributed by atoms with Crippen molar-refractivity contribution in [3.63, 3.8) is 0 Å². The first-order valence-corrected chi connectivity index (χ1v) is 9.72. The molecule has 0 aliphatic heterocycles. The fourth-order valence-corrected chi connectivity index (χ4v) is 3.09. The standard InChI is InChI=1S/C19H21N5O5S/c1-19(2,3)29-18(27)24-13(17(26)28-8-7-20)9-15-23-14(10-30-15)11-5-4-6-12(22-11)16(21)25/h4-6,10,13H,8-9H2,1-3H3,(H2,21,25)(H,24,27)/t13-/m0/s1. The molecule has 0 fully saturated rings. The van der Waals surface area contributed by atoms with Gasteiger partial charge in [0.1, 0.15) is 23.4 Å². The van der Waals surface area contributed by atoms with Gasteiger partial charge in [0.25, 0.3) is 5.91 Å². The van der Waals surface area contributed by atoms with Gasteiger partial charge in [0.05, 0.1) is 16.4 Å². The minimum Gasteiger partial charge on any atom is -0.449 e. The van der Waals surface area contributed by atoms with Crippen molar-refractivity contribution >= 4 is 29.3 Å². The number of ether oxygens (including phenoxy) is 2. The molecule has 0 saturated heterocycles. The molecular weight excluding hydrogens is 410 g/mol. The molecule has 2 amide bonds. The first-order chi connectivity index (χ1) is 14.1. The summed E-state index contributed by atoms with van der Waals surface area (Å²) < 4.78 is 10.0. The number of carbonyl (C=O) groups excluding carboxylic acids is 3. The van der Waals surface area contributed by atoms with Crippen LogP contribution in [0, 0.1) is 11.3 Å². The minimum atomic E-state index is -1.10. The van der Waals surface area contributed by atoms with Gasteiger partial charge in [-0.15, -0.1) is 11.3 Å². The van der Waals surface area contributed by atoms with Crippen molar-refractivity contribution in [1.29, 1.82) is 5.26 Å². The van der Waals surface area contributed by atoms with Crippen LogP contribution >= 0.6 is 11.3 Å². The third-order valence-electron chi connectivity index (χ3n) is 3.45. The summed E-state index contributed by atoms with van der Waals surface area (Å²) in [6, 6.07) is 5.40. The van der Waals surface area contributed by atoms with Crippen molar-refractivity contribution in [2.45, 2.75) is 38.8 Å². The summed E-state index contributed by atoms with van der Waals surface area (Å²) in [6.07, 6.45) is -0.780. The molecule has 158 valence electrons. The van der Waals surface area contributed by atoms with Crippen molar-refractivity contribution in [3.8, 4) is 17.5 Å². The molecule has 0 aliphatic rings. The van der Waals surface area contributed by atoms with Crippen LogP contribution in [-0.4, -0.2) is 46.2 Å². The van der Waals surface area contributed by atoms with Crippen LogP contribution in [0.15, 0.2) is 23.6 Å². The lowest BCUT2D eigenvalue weighted by Crippen LogP contribution is -2.45. The van der Waals surface area contributed by atoms with E-state index in [0.717, 1.165) is 0 Å². The van der Waals surface area contributed by atoms with Crippen molar-refractivity contribution in [1.82, 2.24) is 15.3 Å². The maximum Gasteiger partial charge on any atom is 0.408 e. The van der Waals surface area contributed by atoms with Gasteiger partial charge in [-0.25, -0.2) is 19.6 Å². The number of hydrogen-bond acceptors (Lipinski definition) is 9. The first-order valence-electron chi connectivity index (χ1n) is 8.84. The second kappa shape index (κ2) is 9.80. The Labute approximate surface area is 177 Å². The van der Waals surface area contributed by atoms with Gasteiger partial charge in [-0.3, -0.25) is 4.79 Å². The number of nitrogens with zero attached hydrogens (tertiary/aromatic N) is 3. The molecule has 2 rings (SSSR count). The van der Waals surface area contributed by atoms with Crippen molar-refractivity contribution in [2.24, 2.45) is 5.73 Å². The summed E-state index contributed by atoms with van der Waals surface area (Å²) >= 11 is 1.24. The van der Waals surface area contributed by atoms with E-state index in [2.05, 4.69) is 15.3 Å². The van der Waals surface area contributed by atoms with Crippen LogP contribution in [0.5, 0.6) is 0 Å². The number of alkyl carbamates (subject to hydrolysis) is 1. The van der Waals surface area contributed by atoms with Crippen molar-refractivity contribution < 1.29 is 23.9 Å². The largest absolute Gasteiger partial charge is 0.449 e. The molecule has 0 aromatic carbocycles. The topological polar surface area (TPSA) is 157 Å². The van der Waals surface area contributed by atoms with E-state index in [1.165, 1.54) is 17.4 Å². The fraction of sp³-hybridized carbons (Fsp3) is 0.368. The quantitative estimate of drug-likeness (QED) is 0.628. The van der Waals surface area contributed by atoms with E-state index < -0.39 is 36.2 Å². The Morgan fingerprint density at radius 1 is 1.27 bits per heavy atom. The van der Waals surface area contributed by atoms with Gasteiger partial charge >= 0.3 is 12.1 Å². The molecule has 11 heteroatoms. The minimum absolute atomic E-state index is 0.0175. The van der Waals surface area contributed by atoms with Crippen LogP contribution in [-0.2, 0) is 20.7 Å². The normalized spacial score (nSPS) is 11.8. The predicted octanol–water partition coefficient (Wildman–Crippen LogP) is 1.81. The summed E-state index contributed by atoms with van der Waals surface area (Å²) in [4.78, 5) is 44.2. The zero-order valence-electron chi connectivity index (χ0n) is 16.7. The van der Waals surface area contributed by atoms with Gasteiger partial charge in [0.15, 0.2) is 6.61 Å². The average molecular weight is 431 g/mol. The van der Waals surface area contributed by atoms with Gasteiger partial charge in [0, 0.05) is 11.8 Å². The molecule has 30 heavy (non-hydrogen) atoms. The number of aromatic nitrogens is 2. The van der Waals surface area contributed by atoms with Gasteiger partial charge < -0.3 is 20.5 Å². The molecule has 2 heterocycles. The molecular formula is C19H21N5O5S. The molecule has 2 aromatic heterocycles. The first kappa shape index (κ1) is 22.8. The molecule has 10 nitrogen and oxygen atoms in total. The molecule has 0 bridgehead atoms. The number of rotatable bonds is 7. The third kappa shape index (κ3) is 6.82. The van der Waals surface area contributed by atoms with Crippen LogP contribution in [0.3, 0.4) is 0 Å². The monoisotopic (exact) mass is 431 g/mol. The van der Waals surface area contributed by atoms with E-state index in [4.69, 9.17) is 20.5 Å². The molecule has 3 N–H and O–H groups in total. The van der Waals surface area contributed by atoms with E-state index >= 15 is 0 Å². The lowest BCUT2D eigenvalue weighted by atomic mass is 10.2. The Kier molecular flexibility index (Phi) is 7.43. The predicted molar refractivity (Wildman–Crippen MR) is 107 cm³/mol. The number of nitriles is 1. The van der Waals surface area contributed by atoms with Crippen LogP contribution in [0.1, 0.15) is 36.3 Å². The summed E-state index contributed by atoms with van der Waals surface area (Å²) in [5, 5.41) is 13.3. The maximum atomic E-state index is 12.3. The van der Waals surface area contributed by atoms with E-state index in [1.54, 1.807) is 44.4 Å². The fourth-order valence-electron chi connectivity index (χ4n) is 2.26. The highest BCUT2D eigenvalue weighted by Crippen LogP contribution is 2.21. The number of nitrogens with two attached hydrogens (primary N) is 1. The Hall–Kier alpha value is -3.52. The van der Waals surface area contributed by atoms with Crippen molar-refractivity contribution in [3.05, 3.63) is 34.3 Å². The Morgan fingerprint density at radius 3 is 2.63 bits per heavy atom. The van der Waals surface area contributed by atoms with E-state index in [1.807, 2.05) is 0 Å².